The van der Waals surface area contributed by atoms with Gasteiger partial charge in [0, 0.05) is 60.8 Å². The summed E-state index contributed by atoms with van der Waals surface area (Å²) in [5, 5.41) is 6.70. The molecule has 0 bridgehead atoms. The Morgan fingerprint density at radius 1 is 0.333 bits per heavy atom. The highest BCUT2D eigenvalue weighted by Crippen LogP contribution is 2.41. The first-order valence-corrected chi connectivity index (χ1v) is 19.0. The van der Waals surface area contributed by atoms with Crippen LogP contribution in [-0.2, 0) is 0 Å². The van der Waals surface area contributed by atoms with Crippen molar-refractivity contribution < 1.29 is 8.83 Å². The van der Waals surface area contributed by atoms with Gasteiger partial charge in [0.25, 0.3) is 0 Å². The highest BCUT2D eigenvalue weighted by Gasteiger charge is 2.19. The second-order valence-corrected chi connectivity index (χ2v) is 14.4. The number of hydrogen-bond acceptors (Lipinski definition) is 5. The van der Waals surface area contributed by atoms with Gasteiger partial charge >= 0.3 is 0 Å². The lowest BCUT2D eigenvalue weighted by molar-refractivity contribution is 0.668. The molecule has 12 aromatic rings. The largest absolute Gasteiger partial charge is 0.456 e. The fraction of sp³-hybridized carbons (Fsp3) is 0. The molecule has 0 aliphatic carbocycles. The second kappa shape index (κ2) is 12.3. The maximum atomic E-state index is 6.62. The third-order valence-corrected chi connectivity index (χ3v) is 11.1. The fourth-order valence-corrected chi connectivity index (χ4v) is 8.42. The molecule has 0 N–H and O–H groups in total. The smallest absolute Gasteiger partial charge is 0.164 e. The van der Waals surface area contributed by atoms with Crippen LogP contribution in [-0.4, -0.2) is 19.5 Å². The summed E-state index contributed by atoms with van der Waals surface area (Å²) in [6, 6.07) is 62.7. The van der Waals surface area contributed by atoms with Gasteiger partial charge in [0.05, 0.1) is 11.0 Å². The van der Waals surface area contributed by atoms with Crippen molar-refractivity contribution in [1.82, 2.24) is 19.5 Å². The van der Waals surface area contributed by atoms with E-state index in [1.807, 2.05) is 72.8 Å². The molecule has 4 heterocycles. The number of nitrogens with zero attached hydrogens (tertiary/aromatic N) is 4. The van der Waals surface area contributed by atoms with Gasteiger partial charge in [-0.2, -0.15) is 0 Å². The summed E-state index contributed by atoms with van der Waals surface area (Å²) in [7, 11) is 0. The predicted octanol–water partition coefficient (Wildman–Crippen LogP) is 13.4. The van der Waals surface area contributed by atoms with Gasteiger partial charge in [-0.1, -0.05) is 121 Å². The van der Waals surface area contributed by atoms with Crippen LogP contribution in [0.1, 0.15) is 0 Å². The second-order valence-electron chi connectivity index (χ2n) is 14.4. The quantitative estimate of drug-likeness (QED) is 0.176. The molecule has 12 rings (SSSR count). The summed E-state index contributed by atoms with van der Waals surface area (Å²) in [4.78, 5) is 14.7. The van der Waals surface area contributed by atoms with E-state index in [1.165, 1.54) is 21.8 Å². The number of fused-ring (bicyclic) bond motifs is 9. The van der Waals surface area contributed by atoms with Crippen LogP contribution in [0.4, 0.5) is 0 Å². The van der Waals surface area contributed by atoms with Crippen LogP contribution in [0.5, 0.6) is 0 Å². The van der Waals surface area contributed by atoms with Crippen molar-refractivity contribution in [3.05, 3.63) is 182 Å². The average molecular weight is 731 g/mol. The molecule has 0 unspecified atom stereocenters. The minimum atomic E-state index is 0.588. The van der Waals surface area contributed by atoms with Gasteiger partial charge in [-0.25, -0.2) is 15.0 Å². The van der Waals surface area contributed by atoms with E-state index in [9.17, 15) is 0 Å². The van der Waals surface area contributed by atoms with Gasteiger partial charge in [0.1, 0.15) is 22.3 Å². The summed E-state index contributed by atoms with van der Waals surface area (Å²) < 4.78 is 15.5. The standard InChI is InChI=1S/C51H30N4O2/c1-3-12-31(13-4-1)49-52-50(32-14-5-2-6-15-32)54-51(53-49)34-23-26-40-39-25-22-33(28-45(39)57-46(40)29-34)36-18-11-21-44-48(36)41-27-24-35(30-47(41)56-44)55-42-19-9-7-16-37(42)38-17-8-10-20-43(38)55/h1-30H. The lowest BCUT2D eigenvalue weighted by atomic mass is 9.98. The normalized spacial score (nSPS) is 11.9. The van der Waals surface area contributed by atoms with Gasteiger partial charge in [-0.3, -0.25) is 0 Å². The number of furan rings is 2. The van der Waals surface area contributed by atoms with E-state index in [4.69, 9.17) is 23.8 Å². The Hall–Kier alpha value is -7.83. The Morgan fingerprint density at radius 2 is 0.842 bits per heavy atom. The molecule has 0 atom stereocenters. The zero-order valence-corrected chi connectivity index (χ0v) is 30.4. The Balaban J connectivity index is 0.958. The summed E-state index contributed by atoms with van der Waals surface area (Å²) >= 11 is 0. The van der Waals surface area contributed by atoms with Gasteiger partial charge in [-0.05, 0) is 65.7 Å². The fourth-order valence-electron chi connectivity index (χ4n) is 8.42. The first-order valence-electron chi connectivity index (χ1n) is 19.0. The van der Waals surface area contributed by atoms with Gasteiger partial charge in [0.15, 0.2) is 17.5 Å². The third-order valence-electron chi connectivity index (χ3n) is 11.1. The monoisotopic (exact) mass is 730 g/mol. The van der Waals surface area contributed by atoms with E-state index < -0.39 is 0 Å². The molecule has 266 valence electrons. The maximum Gasteiger partial charge on any atom is 0.164 e. The van der Waals surface area contributed by atoms with Crippen molar-refractivity contribution in [2.75, 3.05) is 0 Å². The van der Waals surface area contributed by atoms with Crippen LogP contribution < -0.4 is 0 Å². The first kappa shape index (κ1) is 31.5. The number of hydrogen-bond donors (Lipinski definition) is 0. The van der Waals surface area contributed by atoms with E-state index in [-0.39, 0.29) is 0 Å². The van der Waals surface area contributed by atoms with Crippen molar-refractivity contribution in [3.8, 4) is 51.0 Å². The number of rotatable bonds is 5. The lowest BCUT2D eigenvalue weighted by Gasteiger charge is -2.08. The van der Waals surface area contributed by atoms with Crippen molar-refractivity contribution in [2.45, 2.75) is 0 Å². The third kappa shape index (κ3) is 5.01. The van der Waals surface area contributed by atoms with Crippen LogP contribution in [0, 0.1) is 0 Å². The zero-order chi connectivity index (χ0) is 37.5. The molecule has 57 heavy (non-hydrogen) atoms. The highest BCUT2D eigenvalue weighted by atomic mass is 16.3. The van der Waals surface area contributed by atoms with E-state index in [2.05, 4.69) is 114 Å². The number of para-hydroxylation sites is 2. The molecule has 0 radical (unpaired) electrons. The Morgan fingerprint density at radius 3 is 1.49 bits per heavy atom. The maximum absolute atomic E-state index is 6.62. The molecule has 0 amide bonds. The molecule has 0 saturated heterocycles. The van der Waals surface area contributed by atoms with E-state index >= 15 is 0 Å². The summed E-state index contributed by atoms with van der Waals surface area (Å²) in [5.74, 6) is 1.83. The molecular weight excluding hydrogens is 701 g/mol. The van der Waals surface area contributed by atoms with Crippen molar-refractivity contribution in [3.63, 3.8) is 0 Å². The van der Waals surface area contributed by atoms with Crippen LogP contribution in [0.2, 0.25) is 0 Å². The zero-order valence-electron chi connectivity index (χ0n) is 30.4. The molecule has 0 saturated carbocycles. The average Bonchev–Trinajstić information content (AvgIpc) is 3.95. The molecule has 4 aromatic heterocycles. The Kier molecular flexibility index (Phi) is 6.83. The predicted molar refractivity (Wildman–Crippen MR) is 230 cm³/mol. The van der Waals surface area contributed by atoms with E-state index in [0.29, 0.717) is 17.5 Å². The van der Waals surface area contributed by atoms with Crippen molar-refractivity contribution in [2.24, 2.45) is 0 Å². The SMILES string of the molecule is c1ccc(-c2nc(-c3ccccc3)nc(-c3ccc4c(c3)oc3cc(-c5cccc6oc7cc(-n8c9ccccc9c9ccccc98)ccc7c56)ccc34)n2)cc1. The van der Waals surface area contributed by atoms with Crippen LogP contribution >= 0.6 is 0 Å². The van der Waals surface area contributed by atoms with Gasteiger partial charge in [-0.15, -0.1) is 0 Å². The van der Waals surface area contributed by atoms with Gasteiger partial charge in [0.2, 0.25) is 0 Å². The molecule has 0 spiro atoms. The Bertz CT molecular complexity index is 3410. The molecule has 0 aliphatic heterocycles. The van der Waals surface area contributed by atoms with E-state index in [0.717, 1.165) is 77.4 Å². The minimum absolute atomic E-state index is 0.588. The van der Waals surface area contributed by atoms with E-state index in [1.54, 1.807) is 0 Å². The number of benzene rings is 8. The Labute approximate surface area is 325 Å². The molecule has 8 aromatic carbocycles. The molecule has 6 heteroatoms. The van der Waals surface area contributed by atoms with Crippen molar-refractivity contribution >= 4 is 65.7 Å². The van der Waals surface area contributed by atoms with Crippen LogP contribution in [0.3, 0.4) is 0 Å². The summed E-state index contributed by atoms with van der Waals surface area (Å²) in [6.07, 6.45) is 0. The molecule has 0 aliphatic rings. The first-order chi connectivity index (χ1) is 28.2. The summed E-state index contributed by atoms with van der Waals surface area (Å²) in [6.45, 7) is 0. The van der Waals surface area contributed by atoms with Crippen LogP contribution in [0.15, 0.2) is 191 Å². The van der Waals surface area contributed by atoms with Crippen molar-refractivity contribution in [1.29, 1.82) is 0 Å². The molecular formula is C51H30N4O2. The minimum Gasteiger partial charge on any atom is -0.456 e. The molecule has 6 nitrogen and oxygen atoms in total. The highest BCUT2D eigenvalue weighted by molar-refractivity contribution is 6.15. The lowest BCUT2D eigenvalue weighted by Crippen LogP contribution is -2.00. The van der Waals surface area contributed by atoms with Gasteiger partial charge < -0.3 is 13.4 Å². The topological polar surface area (TPSA) is 69.9 Å². The molecule has 0 fully saturated rings. The summed E-state index contributed by atoms with van der Waals surface area (Å²) in [5.41, 5.74) is 11.5. The van der Waals surface area contributed by atoms with Crippen LogP contribution in [0.25, 0.3) is 117 Å². The number of aromatic nitrogens is 4.